The van der Waals surface area contributed by atoms with Crippen LogP contribution in [-0.4, -0.2) is 56.1 Å². The number of hydrogen-bond acceptors (Lipinski definition) is 3. The number of hydrogen-bond donors (Lipinski definition) is 2. The molecule has 1 heterocycles. The molecule has 6 heteroatoms. The van der Waals surface area contributed by atoms with Crippen LogP contribution in [0.3, 0.4) is 0 Å². The van der Waals surface area contributed by atoms with Crippen molar-refractivity contribution in [2.45, 2.75) is 51.0 Å². The van der Waals surface area contributed by atoms with E-state index < -0.39 is 0 Å². The molecule has 1 aromatic rings. The van der Waals surface area contributed by atoms with Crippen LogP contribution < -0.4 is 15.4 Å². The zero-order valence-corrected chi connectivity index (χ0v) is 17.0. The molecule has 0 unspecified atom stereocenters. The number of carbonyl (C=O) groups is 1. The summed E-state index contributed by atoms with van der Waals surface area (Å²) in [6.07, 6.45) is 7.88. The number of nitrogens with one attached hydrogen (secondary N) is 2. The lowest BCUT2D eigenvalue weighted by Gasteiger charge is -2.34. The smallest absolute Gasteiger partial charge is 0.220 e. The van der Waals surface area contributed by atoms with E-state index in [0.29, 0.717) is 25.4 Å². The van der Waals surface area contributed by atoms with Crippen molar-refractivity contribution in [3.05, 3.63) is 30.3 Å². The largest absolute Gasteiger partial charge is 0.490 e. The minimum Gasteiger partial charge on any atom is -0.490 e. The Morgan fingerprint density at radius 2 is 1.75 bits per heavy atom. The first-order chi connectivity index (χ1) is 13.7. The Labute approximate surface area is 168 Å². The molecular weight excluding hydrogens is 352 g/mol. The number of aliphatic imine (C=N–C) groups is 1. The average Bonchev–Trinajstić information content (AvgIpc) is 3.23. The number of likely N-dealkylation sites (tertiary alicyclic amines) is 1. The predicted molar refractivity (Wildman–Crippen MR) is 113 cm³/mol. The van der Waals surface area contributed by atoms with Crippen LogP contribution in [0.15, 0.2) is 35.3 Å². The number of piperidine rings is 1. The zero-order valence-electron chi connectivity index (χ0n) is 17.0. The molecule has 2 aliphatic rings. The molecule has 1 aliphatic heterocycles. The molecule has 2 N–H and O–H groups in total. The minimum absolute atomic E-state index is 0.183. The molecule has 6 nitrogen and oxygen atoms in total. The molecule has 0 radical (unpaired) electrons. The predicted octanol–water partition coefficient (Wildman–Crippen LogP) is 2.80. The molecule has 2 fully saturated rings. The van der Waals surface area contributed by atoms with E-state index in [-0.39, 0.29) is 12.0 Å². The summed E-state index contributed by atoms with van der Waals surface area (Å²) in [5, 5.41) is 6.40. The van der Waals surface area contributed by atoms with Crippen molar-refractivity contribution in [2.24, 2.45) is 10.9 Å². The van der Waals surface area contributed by atoms with Gasteiger partial charge in [-0.05, 0) is 30.9 Å². The third-order valence-corrected chi connectivity index (χ3v) is 5.68. The van der Waals surface area contributed by atoms with Crippen LogP contribution in [0, 0.1) is 5.92 Å². The summed E-state index contributed by atoms with van der Waals surface area (Å²) in [4.78, 5) is 18.7. The van der Waals surface area contributed by atoms with E-state index in [4.69, 9.17) is 4.74 Å². The third kappa shape index (κ3) is 6.43. The molecule has 1 aliphatic carbocycles. The van der Waals surface area contributed by atoms with Gasteiger partial charge in [-0.2, -0.15) is 0 Å². The van der Waals surface area contributed by atoms with Gasteiger partial charge in [-0.3, -0.25) is 9.79 Å². The van der Waals surface area contributed by atoms with Crippen LogP contribution >= 0.6 is 0 Å². The van der Waals surface area contributed by atoms with Gasteiger partial charge in [0.25, 0.3) is 0 Å². The Morgan fingerprint density at radius 3 is 2.43 bits per heavy atom. The number of nitrogens with zero attached hydrogens (tertiary/aromatic N) is 2. The molecule has 1 saturated carbocycles. The van der Waals surface area contributed by atoms with Crippen molar-refractivity contribution in [3.8, 4) is 5.75 Å². The van der Waals surface area contributed by atoms with Gasteiger partial charge in [0, 0.05) is 52.5 Å². The van der Waals surface area contributed by atoms with Crippen molar-refractivity contribution >= 4 is 11.9 Å². The van der Waals surface area contributed by atoms with Gasteiger partial charge in [0.05, 0.1) is 0 Å². The number of benzene rings is 1. The number of para-hydroxylation sites is 1. The molecule has 1 saturated heterocycles. The SMILES string of the molecule is CN=C(NCCNC(=O)CC1CCCC1)N1CCC(Oc2ccccc2)CC1. The highest BCUT2D eigenvalue weighted by atomic mass is 16.5. The molecule has 3 rings (SSSR count). The van der Waals surface area contributed by atoms with Gasteiger partial charge < -0.3 is 20.3 Å². The van der Waals surface area contributed by atoms with Crippen molar-refractivity contribution in [1.82, 2.24) is 15.5 Å². The fourth-order valence-electron chi connectivity index (χ4n) is 4.13. The molecule has 0 bridgehead atoms. The maximum Gasteiger partial charge on any atom is 0.220 e. The van der Waals surface area contributed by atoms with Crippen LogP contribution in [0.25, 0.3) is 0 Å². The Morgan fingerprint density at radius 1 is 1.07 bits per heavy atom. The second-order valence-corrected chi connectivity index (χ2v) is 7.80. The van der Waals surface area contributed by atoms with Crippen molar-refractivity contribution in [3.63, 3.8) is 0 Å². The first kappa shape index (κ1) is 20.5. The van der Waals surface area contributed by atoms with E-state index in [1.807, 2.05) is 37.4 Å². The number of guanidine groups is 1. The first-order valence-electron chi connectivity index (χ1n) is 10.7. The van der Waals surface area contributed by atoms with Gasteiger partial charge in [0.15, 0.2) is 5.96 Å². The quantitative estimate of drug-likeness (QED) is 0.430. The second kappa shape index (κ2) is 10.9. The molecule has 154 valence electrons. The molecule has 1 amide bonds. The summed E-state index contributed by atoms with van der Waals surface area (Å²) in [6, 6.07) is 10.0. The highest BCUT2D eigenvalue weighted by Crippen LogP contribution is 2.27. The maximum absolute atomic E-state index is 12.0. The Hall–Kier alpha value is -2.24. The standard InChI is InChI=1S/C22H34N4O2/c1-23-22(25-14-13-24-21(27)17-18-7-5-6-8-18)26-15-11-20(12-16-26)28-19-9-3-2-4-10-19/h2-4,9-10,18,20H,5-8,11-17H2,1H3,(H,23,25)(H,24,27). The zero-order chi connectivity index (χ0) is 19.6. The maximum atomic E-state index is 12.0. The van der Waals surface area contributed by atoms with E-state index in [0.717, 1.165) is 37.6 Å². The molecular formula is C22H34N4O2. The number of amides is 1. The highest BCUT2D eigenvalue weighted by molar-refractivity contribution is 5.80. The van der Waals surface area contributed by atoms with Crippen molar-refractivity contribution in [2.75, 3.05) is 33.2 Å². The lowest BCUT2D eigenvalue weighted by molar-refractivity contribution is -0.121. The van der Waals surface area contributed by atoms with Gasteiger partial charge in [-0.1, -0.05) is 31.0 Å². The lowest BCUT2D eigenvalue weighted by Crippen LogP contribution is -2.48. The second-order valence-electron chi connectivity index (χ2n) is 7.80. The van der Waals surface area contributed by atoms with Crippen LogP contribution in [0.1, 0.15) is 44.9 Å². The third-order valence-electron chi connectivity index (χ3n) is 5.68. The Balaban J connectivity index is 1.31. The number of rotatable bonds is 7. The fourth-order valence-corrected chi connectivity index (χ4v) is 4.13. The monoisotopic (exact) mass is 386 g/mol. The molecule has 0 aromatic heterocycles. The van der Waals surface area contributed by atoms with Gasteiger partial charge in [0.2, 0.25) is 5.91 Å². The van der Waals surface area contributed by atoms with Crippen LogP contribution in [0.5, 0.6) is 5.75 Å². The number of carbonyl (C=O) groups excluding carboxylic acids is 1. The number of ether oxygens (including phenoxy) is 1. The summed E-state index contributed by atoms with van der Waals surface area (Å²) in [7, 11) is 1.81. The topological polar surface area (TPSA) is 66.0 Å². The summed E-state index contributed by atoms with van der Waals surface area (Å²) in [5.74, 6) is 2.63. The normalized spacial score (nSPS) is 18.9. The minimum atomic E-state index is 0.183. The van der Waals surface area contributed by atoms with Gasteiger partial charge in [0.1, 0.15) is 11.9 Å². The van der Waals surface area contributed by atoms with Gasteiger partial charge in [-0.25, -0.2) is 0 Å². The van der Waals surface area contributed by atoms with Gasteiger partial charge >= 0.3 is 0 Å². The Bertz CT molecular complexity index is 621. The van der Waals surface area contributed by atoms with E-state index in [2.05, 4.69) is 20.5 Å². The van der Waals surface area contributed by atoms with E-state index in [1.165, 1.54) is 25.7 Å². The molecule has 1 aromatic carbocycles. The van der Waals surface area contributed by atoms with E-state index in [1.54, 1.807) is 0 Å². The van der Waals surface area contributed by atoms with Crippen LogP contribution in [-0.2, 0) is 4.79 Å². The molecule has 0 atom stereocenters. The lowest BCUT2D eigenvalue weighted by atomic mass is 10.0. The van der Waals surface area contributed by atoms with Crippen LogP contribution in [0.4, 0.5) is 0 Å². The molecule has 0 spiro atoms. The molecule has 28 heavy (non-hydrogen) atoms. The summed E-state index contributed by atoms with van der Waals surface area (Å²) in [5.41, 5.74) is 0. The van der Waals surface area contributed by atoms with Crippen molar-refractivity contribution in [1.29, 1.82) is 0 Å². The van der Waals surface area contributed by atoms with Crippen molar-refractivity contribution < 1.29 is 9.53 Å². The fraction of sp³-hybridized carbons (Fsp3) is 0.636. The van der Waals surface area contributed by atoms with E-state index >= 15 is 0 Å². The Kier molecular flexibility index (Phi) is 8.00. The summed E-state index contributed by atoms with van der Waals surface area (Å²) < 4.78 is 6.06. The average molecular weight is 387 g/mol. The van der Waals surface area contributed by atoms with Crippen LogP contribution in [0.2, 0.25) is 0 Å². The van der Waals surface area contributed by atoms with Gasteiger partial charge in [-0.15, -0.1) is 0 Å². The highest BCUT2D eigenvalue weighted by Gasteiger charge is 2.22. The first-order valence-corrected chi connectivity index (χ1v) is 10.7. The summed E-state index contributed by atoms with van der Waals surface area (Å²) in [6.45, 7) is 3.18. The van der Waals surface area contributed by atoms with E-state index in [9.17, 15) is 4.79 Å². The summed E-state index contributed by atoms with van der Waals surface area (Å²) >= 11 is 0.